The van der Waals surface area contributed by atoms with Gasteiger partial charge in [-0.25, -0.2) is 0 Å². The number of rotatable bonds is 5. The molecule has 1 amide bonds. The summed E-state index contributed by atoms with van der Waals surface area (Å²) < 4.78 is 0. The van der Waals surface area contributed by atoms with Crippen LogP contribution in [0.3, 0.4) is 0 Å². The van der Waals surface area contributed by atoms with E-state index in [9.17, 15) is 4.79 Å². The highest BCUT2D eigenvalue weighted by molar-refractivity contribution is 5.94. The van der Waals surface area contributed by atoms with Crippen molar-refractivity contribution in [2.75, 3.05) is 18.0 Å². The van der Waals surface area contributed by atoms with Crippen molar-refractivity contribution in [3.63, 3.8) is 0 Å². The van der Waals surface area contributed by atoms with Crippen LogP contribution in [-0.2, 0) is 6.42 Å². The Morgan fingerprint density at radius 1 is 1.08 bits per heavy atom. The lowest BCUT2D eigenvalue weighted by Crippen LogP contribution is -2.39. The SMILES string of the molecule is O=C(NC1(Cc2ccccc2)CC1)c1cc(N2CCCCC2)ccn1. The summed E-state index contributed by atoms with van der Waals surface area (Å²) in [6, 6.07) is 14.3. The van der Waals surface area contributed by atoms with Gasteiger partial charge in [-0.05, 0) is 56.2 Å². The van der Waals surface area contributed by atoms with Gasteiger partial charge in [-0.2, -0.15) is 0 Å². The number of hydrogen-bond acceptors (Lipinski definition) is 3. The summed E-state index contributed by atoms with van der Waals surface area (Å²) in [6.07, 6.45) is 8.49. The Kier molecular flexibility index (Phi) is 4.43. The van der Waals surface area contributed by atoms with Crippen LogP contribution in [0.25, 0.3) is 0 Å². The van der Waals surface area contributed by atoms with Gasteiger partial charge in [-0.15, -0.1) is 0 Å². The maximum absolute atomic E-state index is 12.7. The predicted octanol–water partition coefficient (Wildman–Crippen LogP) is 3.58. The molecule has 0 bridgehead atoms. The molecule has 1 saturated heterocycles. The highest BCUT2D eigenvalue weighted by Crippen LogP contribution is 2.38. The fraction of sp³-hybridized carbons (Fsp3) is 0.429. The van der Waals surface area contributed by atoms with Crippen LogP contribution in [0.15, 0.2) is 48.7 Å². The molecule has 1 aliphatic carbocycles. The number of nitrogens with zero attached hydrogens (tertiary/aromatic N) is 2. The summed E-state index contributed by atoms with van der Waals surface area (Å²) in [5, 5.41) is 3.24. The Labute approximate surface area is 149 Å². The monoisotopic (exact) mass is 335 g/mol. The average Bonchev–Trinajstić information content (AvgIpc) is 3.42. The van der Waals surface area contributed by atoms with Crippen LogP contribution in [0.2, 0.25) is 0 Å². The van der Waals surface area contributed by atoms with Gasteiger partial charge in [0.25, 0.3) is 5.91 Å². The second kappa shape index (κ2) is 6.87. The summed E-state index contributed by atoms with van der Waals surface area (Å²) in [5.41, 5.74) is 2.84. The maximum atomic E-state index is 12.7. The van der Waals surface area contributed by atoms with Crippen molar-refractivity contribution >= 4 is 11.6 Å². The molecule has 4 heteroatoms. The standard InChI is InChI=1S/C21H25N3O/c25-20(23-21(10-11-21)16-17-7-3-1-4-8-17)19-15-18(9-12-22-19)24-13-5-2-6-14-24/h1,3-4,7-9,12,15H,2,5-6,10-11,13-14,16H2,(H,23,25). The fourth-order valence-electron chi connectivity index (χ4n) is 3.68. The van der Waals surface area contributed by atoms with Gasteiger partial charge in [0.2, 0.25) is 0 Å². The zero-order valence-corrected chi connectivity index (χ0v) is 14.6. The second-order valence-electron chi connectivity index (χ2n) is 7.34. The van der Waals surface area contributed by atoms with Crippen molar-refractivity contribution in [1.29, 1.82) is 0 Å². The summed E-state index contributed by atoms with van der Waals surface area (Å²) in [7, 11) is 0. The molecule has 2 aromatic rings. The third-order valence-corrected chi connectivity index (χ3v) is 5.31. The molecule has 1 aromatic carbocycles. The smallest absolute Gasteiger partial charge is 0.270 e. The van der Waals surface area contributed by atoms with E-state index < -0.39 is 0 Å². The molecule has 2 aliphatic rings. The Morgan fingerprint density at radius 3 is 2.56 bits per heavy atom. The third-order valence-electron chi connectivity index (χ3n) is 5.31. The number of benzene rings is 1. The number of carbonyl (C=O) groups is 1. The molecular weight excluding hydrogens is 310 g/mol. The Bertz CT molecular complexity index is 734. The number of pyridine rings is 1. The molecule has 0 unspecified atom stereocenters. The minimum absolute atomic E-state index is 0.0488. The summed E-state index contributed by atoms with van der Waals surface area (Å²) in [5.74, 6) is -0.0488. The molecule has 0 atom stereocenters. The van der Waals surface area contributed by atoms with Crippen LogP contribution in [0, 0.1) is 0 Å². The van der Waals surface area contributed by atoms with E-state index in [0.717, 1.165) is 38.0 Å². The fourth-order valence-corrected chi connectivity index (χ4v) is 3.68. The Morgan fingerprint density at radius 2 is 1.84 bits per heavy atom. The lowest BCUT2D eigenvalue weighted by atomic mass is 10.0. The lowest BCUT2D eigenvalue weighted by molar-refractivity contribution is 0.0926. The van der Waals surface area contributed by atoms with Crippen molar-refractivity contribution in [1.82, 2.24) is 10.3 Å². The van der Waals surface area contributed by atoms with E-state index in [-0.39, 0.29) is 11.4 Å². The van der Waals surface area contributed by atoms with E-state index in [2.05, 4.69) is 39.5 Å². The van der Waals surface area contributed by atoms with Crippen molar-refractivity contribution < 1.29 is 4.79 Å². The zero-order valence-electron chi connectivity index (χ0n) is 14.6. The molecule has 4 rings (SSSR count). The molecule has 0 spiro atoms. The molecule has 0 radical (unpaired) electrons. The molecule has 25 heavy (non-hydrogen) atoms. The van der Waals surface area contributed by atoms with Gasteiger partial charge < -0.3 is 10.2 Å². The van der Waals surface area contributed by atoms with E-state index in [1.54, 1.807) is 6.20 Å². The van der Waals surface area contributed by atoms with E-state index in [1.165, 1.54) is 24.8 Å². The van der Waals surface area contributed by atoms with Gasteiger partial charge in [0, 0.05) is 30.5 Å². The quantitative estimate of drug-likeness (QED) is 0.908. The molecule has 1 aliphatic heterocycles. The molecule has 130 valence electrons. The van der Waals surface area contributed by atoms with Crippen LogP contribution >= 0.6 is 0 Å². The van der Waals surface area contributed by atoms with Gasteiger partial charge in [0.1, 0.15) is 5.69 Å². The van der Waals surface area contributed by atoms with Gasteiger partial charge in [-0.3, -0.25) is 9.78 Å². The average molecular weight is 335 g/mol. The highest BCUT2D eigenvalue weighted by Gasteiger charge is 2.44. The number of hydrogen-bond donors (Lipinski definition) is 1. The molecule has 2 fully saturated rings. The second-order valence-corrected chi connectivity index (χ2v) is 7.34. The van der Waals surface area contributed by atoms with Crippen molar-refractivity contribution in [3.05, 3.63) is 59.9 Å². The van der Waals surface area contributed by atoms with Crippen molar-refractivity contribution in [3.8, 4) is 0 Å². The minimum atomic E-state index is -0.0821. The van der Waals surface area contributed by atoms with E-state index in [4.69, 9.17) is 0 Å². The summed E-state index contributed by atoms with van der Waals surface area (Å²) in [6.45, 7) is 2.14. The number of nitrogens with one attached hydrogen (secondary N) is 1. The highest BCUT2D eigenvalue weighted by atomic mass is 16.2. The molecule has 4 nitrogen and oxygen atoms in total. The van der Waals surface area contributed by atoms with Crippen molar-refractivity contribution in [2.24, 2.45) is 0 Å². The van der Waals surface area contributed by atoms with Gasteiger partial charge in [0.15, 0.2) is 0 Å². The number of carbonyl (C=O) groups excluding carboxylic acids is 1. The van der Waals surface area contributed by atoms with Crippen LogP contribution in [-0.4, -0.2) is 29.5 Å². The number of aromatic nitrogens is 1. The molecular formula is C21H25N3O. The van der Waals surface area contributed by atoms with Crippen LogP contribution in [0.1, 0.15) is 48.2 Å². The van der Waals surface area contributed by atoms with E-state index in [1.807, 2.05) is 18.2 Å². The first-order valence-corrected chi connectivity index (χ1v) is 9.32. The molecule has 2 heterocycles. The van der Waals surface area contributed by atoms with Crippen LogP contribution in [0.4, 0.5) is 5.69 Å². The predicted molar refractivity (Wildman–Crippen MR) is 99.9 cm³/mol. The maximum Gasteiger partial charge on any atom is 0.270 e. The van der Waals surface area contributed by atoms with E-state index >= 15 is 0 Å². The number of piperidine rings is 1. The lowest BCUT2D eigenvalue weighted by Gasteiger charge is -2.29. The van der Waals surface area contributed by atoms with E-state index in [0.29, 0.717) is 5.69 Å². The molecule has 1 saturated carbocycles. The van der Waals surface area contributed by atoms with Gasteiger partial charge in [0.05, 0.1) is 0 Å². The van der Waals surface area contributed by atoms with Crippen LogP contribution < -0.4 is 10.2 Å². The molecule has 1 N–H and O–H groups in total. The first-order valence-electron chi connectivity index (χ1n) is 9.32. The molecule has 1 aromatic heterocycles. The van der Waals surface area contributed by atoms with Crippen LogP contribution in [0.5, 0.6) is 0 Å². The van der Waals surface area contributed by atoms with Gasteiger partial charge in [-0.1, -0.05) is 30.3 Å². The number of anilines is 1. The largest absolute Gasteiger partial charge is 0.371 e. The topological polar surface area (TPSA) is 45.2 Å². The third kappa shape index (κ3) is 3.84. The first-order chi connectivity index (χ1) is 12.2. The summed E-state index contributed by atoms with van der Waals surface area (Å²) >= 11 is 0. The number of amides is 1. The Balaban J connectivity index is 1.44. The Hall–Kier alpha value is -2.36. The normalized spacial score (nSPS) is 18.6. The first kappa shape index (κ1) is 16.1. The van der Waals surface area contributed by atoms with Gasteiger partial charge >= 0.3 is 0 Å². The zero-order chi connectivity index (χ0) is 17.1. The minimum Gasteiger partial charge on any atom is -0.371 e. The summed E-state index contributed by atoms with van der Waals surface area (Å²) in [4.78, 5) is 19.4. The van der Waals surface area contributed by atoms with Crippen molar-refractivity contribution in [2.45, 2.75) is 44.1 Å².